The van der Waals surface area contributed by atoms with Crippen molar-refractivity contribution in [1.29, 1.82) is 0 Å². The summed E-state index contributed by atoms with van der Waals surface area (Å²) in [4.78, 5) is 16.1. The SMILES string of the molecule is CNC(C(=O)Nc1ccc(S(C)(=O)=O)nc1)c1cnn(C)c1. The van der Waals surface area contributed by atoms with Gasteiger partial charge in [0.1, 0.15) is 6.04 Å². The van der Waals surface area contributed by atoms with Crippen molar-refractivity contribution in [2.75, 3.05) is 18.6 Å². The summed E-state index contributed by atoms with van der Waals surface area (Å²) in [5.41, 5.74) is 1.14. The van der Waals surface area contributed by atoms with E-state index < -0.39 is 15.9 Å². The van der Waals surface area contributed by atoms with Crippen LogP contribution < -0.4 is 10.6 Å². The molecule has 0 aliphatic rings. The molecule has 0 saturated heterocycles. The smallest absolute Gasteiger partial charge is 0.246 e. The molecule has 2 heterocycles. The largest absolute Gasteiger partial charge is 0.323 e. The van der Waals surface area contributed by atoms with Crippen LogP contribution in [0, 0.1) is 0 Å². The Balaban J connectivity index is 2.14. The fraction of sp³-hybridized carbons (Fsp3) is 0.308. The van der Waals surface area contributed by atoms with E-state index in [0.29, 0.717) is 5.69 Å². The minimum atomic E-state index is -3.36. The number of rotatable bonds is 5. The number of amides is 1. The standard InChI is InChI=1S/C13H17N5O3S/c1-14-12(9-6-16-18(2)8-9)13(19)17-10-4-5-11(15-7-10)22(3,20)21/h4-8,12,14H,1-3H3,(H,17,19). The Morgan fingerprint density at radius 3 is 2.50 bits per heavy atom. The van der Waals surface area contributed by atoms with Gasteiger partial charge in [-0.2, -0.15) is 5.10 Å². The van der Waals surface area contributed by atoms with Crippen molar-refractivity contribution in [1.82, 2.24) is 20.1 Å². The Hall–Kier alpha value is -2.26. The van der Waals surface area contributed by atoms with Gasteiger partial charge in [-0.1, -0.05) is 0 Å². The zero-order valence-electron chi connectivity index (χ0n) is 12.4. The van der Waals surface area contributed by atoms with Crippen LogP contribution in [0.4, 0.5) is 5.69 Å². The van der Waals surface area contributed by atoms with Crippen LogP contribution in [0.3, 0.4) is 0 Å². The summed E-state index contributed by atoms with van der Waals surface area (Å²) in [5, 5.41) is 9.58. The third-order valence-corrected chi connectivity index (χ3v) is 3.99. The summed E-state index contributed by atoms with van der Waals surface area (Å²) in [6.45, 7) is 0. The van der Waals surface area contributed by atoms with Crippen LogP contribution in [0.15, 0.2) is 35.7 Å². The lowest BCUT2D eigenvalue weighted by molar-refractivity contribution is -0.118. The van der Waals surface area contributed by atoms with E-state index in [2.05, 4.69) is 20.7 Å². The molecule has 2 aromatic rings. The number of hydrogen-bond acceptors (Lipinski definition) is 6. The summed E-state index contributed by atoms with van der Waals surface area (Å²) >= 11 is 0. The summed E-state index contributed by atoms with van der Waals surface area (Å²) < 4.78 is 24.3. The zero-order valence-corrected chi connectivity index (χ0v) is 13.3. The maximum Gasteiger partial charge on any atom is 0.246 e. The molecular weight excluding hydrogens is 306 g/mol. The third kappa shape index (κ3) is 3.68. The summed E-state index contributed by atoms with van der Waals surface area (Å²) in [5.74, 6) is -0.288. The molecule has 0 radical (unpaired) electrons. The molecule has 8 nitrogen and oxygen atoms in total. The fourth-order valence-electron chi connectivity index (χ4n) is 1.93. The maximum atomic E-state index is 12.3. The highest BCUT2D eigenvalue weighted by Crippen LogP contribution is 2.15. The van der Waals surface area contributed by atoms with E-state index >= 15 is 0 Å². The first-order valence-corrected chi connectivity index (χ1v) is 8.33. The summed E-state index contributed by atoms with van der Waals surface area (Å²) in [7, 11) is 0.0783. The van der Waals surface area contributed by atoms with Crippen molar-refractivity contribution in [2.45, 2.75) is 11.1 Å². The quantitative estimate of drug-likeness (QED) is 0.809. The van der Waals surface area contributed by atoms with Crippen LogP contribution in [0.25, 0.3) is 0 Å². The predicted octanol–water partition coefficient (Wildman–Crippen LogP) is 0.118. The van der Waals surface area contributed by atoms with Crippen molar-refractivity contribution >= 4 is 21.4 Å². The number of aryl methyl sites for hydroxylation is 1. The first-order valence-electron chi connectivity index (χ1n) is 6.44. The lowest BCUT2D eigenvalue weighted by Gasteiger charge is -2.14. The Morgan fingerprint density at radius 1 is 1.32 bits per heavy atom. The molecule has 0 aliphatic carbocycles. The molecule has 1 atom stereocenters. The van der Waals surface area contributed by atoms with Gasteiger partial charge in [-0.15, -0.1) is 0 Å². The van der Waals surface area contributed by atoms with Crippen LogP contribution >= 0.6 is 0 Å². The molecule has 2 N–H and O–H groups in total. The topological polar surface area (TPSA) is 106 Å². The van der Waals surface area contributed by atoms with Crippen LogP contribution in [-0.2, 0) is 21.7 Å². The van der Waals surface area contributed by atoms with Gasteiger partial charge in [0.2, 0.25) is 5.91 Å². The van der Waals surface area contributed by atoms with E-state index in [-0.39, 0.29) is 10.9 Å². The second-order valence-corrected chi connectivity index (χ2v) is 6.78. The second kappa shape index (κ2) is 6.24. The van der Waals surface area contributed by atoms with Gasteiger partial charge in [0.25, 0.3) is 0 Å². The number of pyridine rings is 1. The number of aromatic nitrogens is 3. The minimum absolute atomic E-state index is 0.0390. The molecule has 118 valence electrons. The van der Waals surface area contributed by atoms with E-state index in [4.69, 9.17) is 0 Å². The van der Waals surface area contributed by atoms with Gasteiger partial charge in [0.15, 0.2) is 14.9 Å². The molecule has 0 aromatic carbocycles. The van der Waals surface area contributed by atoms with Crippen molar-refractivity contribution in [2.24, 2.45) is 7.05 Å². The van der Waals surface area contributed by atoms with E-state index in [1.807, 2.05) is 0 Å². The van der Waals surface area contributed by atoms with Gasteiger partial charge in [-0.05, 0) is 19.2 Å². The Morgan fingerprint density at radius 2 is 2.05 bits per heavy atom. The molecule has 0 bridgehead atoms. The molecule has 2 aromatic heterocycles. The van der Waals surface area contributed by atoms with Crippen LogP contribution in [0.1, 0.15) is 11.6 Å². The summed E-state index contributed by atoms with van der Waals surface area (Å²) in [6, 6.07) is 2.28. The fourth-order valence-corrected chi connectivity index (χ4v) is 2.49. The lowest BCUT2D eigenvalue weighted by Crippen LogP contribution is -2.30. The molecule has 0 aliphatic heterocycles. The average molecular weight is 323 g/mol. The molecule has 9 heteroatoms. The van der Waals surface area contributed by atoms with Crippen molar-refractivity contribution in [3.63, 3.8) is 0 Å². The van der Waals surface area contributed by atoms with Crippen LogP contribution in [-0.4, -0.2) is 42.4 Å². The first-order chi connectivity index (χ1) is 10.3. The van der Waals surface area contributed by atoms with Gasteiger partial charge in [-0.3, -0.25) is 9.48 Å². The van der Waals surface area contributed by atoms with Gasteiger partial charge in [-0.25, -0.2) is 13.4 Å². The first kappa shape index (κ1) is 16.1. The lowest BCUT2D eigenvalue weighted by atomic mass is 10.1. The number of nitrogens with one attached hydrogen (secondary N) is 2. The summed E-state index contributed by atoms with van der Waals surface area (Å²) in [6.07, 6.45) is 5.73. The maximum absolute atomic E-state index is 12.3. The van der Waals surface area contributed by atoms with Gasteiger partial charge in [0, 0.05) is 25.1 Å². The molecule has 1 unspecified atom stereocenters. The molecule has 0 spiro atoms. The number of carbonyl (C=O) groups excluding carboxylic acids is 1. The van der Waals surface area contributed by atoms with Crippen LogP contribution in [0.2, 0.25) is 0 Å². The molecule has 0 fully saturated rings. The average Bonchev–Trinajstić information content (AvgIpc) is 2.85. The number of likely N-dealkylation sites (N-methyl/N-ethyl adjacent to an activating group) is 1. The molecule has 1 amide bonds. The Bertz CT molecular complexity index is 767. The molecular formula is C13H17N5O3S. The Labute approximate surface area is 128 Å². The van der Waals surface area contributed by atoms with Crippen molar-refractivity contribution in [3.8, 4) is 0 Å². The highest BCUT2D eigenvalue weighted by atomic mass is 32.2. The second-order valence-electron chi connectivity index (χ2n) is 4.82. The zero-order chi connectivity index (χ0) is 16.3. The highest BCUT2D eigenvalue weighted by Gasteiger charge is 2.20. The van der Waals surface area contributed by atoms with Crippen LogP contribution in [0.5, 0.6) is 0 Å². The van der Waals surface area contributed by atoms with Gasteiger partial charge in [0.05, 0.1) is 18.1 Å². The number of sulfone groups is 1. The number of anilines is 1. The highest BCUT2D eigenvalue weighted by molar-refractivity contribution is 7.90. The molecule has 0 saturated carbocycles. The van der Waals surface area contributed by atoms with Crippen molar-refractivity contribution < 1.29 is 13.2 Å². The minimum Gasteiger partial charge on any atom is -0.323 e. The third-order valence-electron chi connectivity index (χ3n) is 2.99. The number of hydrogen-bond donors (Lipinski definition) is 2. The predicted molar refractivity (Wildman–Crippen MR) is 81.0 cm³/mol. The van der Waals surface area contributed by atoms with E-state index in [1.54, 1.807) is 31.2 Å². The monoisotopic (exact) mass is 323 g/mol. The van der Waals surface area contributed by atoms with E-state index in [9.17, 15) is 13.2 Å². The molecule has 22 heavy (non-hydrogen) atoms. The van der Waals surface area contributed by atoms with Gasteiger partial charge < -0.3 is 10.6 Å². The molecule has 2 rings (SSSR count). The van der Waals surface area contributed by atoms with Gasteiger partial charge >= 0.3 is 0 Å². The Kier molecular flexibility index (Phi) is 4.57. The van der Waals surface area contributed by atoms with Crippen molar-refractivity contribution in [3.05, 3.63) is 36.3 Å². The normalized spacial score (nSPS) is 12.9. The number of carbonyl (C=O) groups is 1. The number of nitrogens with zero attached hydrogens (tertiary/aromatic N) is 3. The van der Waals surface area contributed by atoms with E-state index in [0.717, 1.165) is 11.8 Å². The van der Waals surface area contributed by atoms with E-state index in [1.165, 1.54) is 18.3 Å².